The molecule has 0 bridgehead atoms. The van der Waals surface area contributed by atoms with Crippen LogP contribution in [0.1, 0.15) is 34.1 Å². The van der Waals surface area contributed by atoms with Crippen LogP contribution in [0.2, 0.25) is 0 Å². The molecule has 0 aromatic rings. The zero-order valence-corrected chi connectivity index (χ0v) is 10.4. The minimum atomic E-state index is -0.140. The second-order valence-corrected chi connectivity index (χ2v) is 5.62. The molecule has 0 aliphatic carbocycles. The van der Waals surface area contributed by atoms with E-state index in [4.69, 9.17) is 5.73 Å². The maximum absolute atomic E-state index is 11.2. The number of thioether (sulfide) groups is 1. The van der Waals surface area contributed by atoms with Gasteiger partial charge in [0, 0.05) is 29.5 Å². The van der Waals surface area contributed by atoms with Crippen molar-refractivity contribution in [3.8, 4) is 0 Å². The van der Waals surface area contributed by atoms with Crippen LogP contribution in [-0.4, -0.2) is 29.0 Å². The van der Waals surface area contributed by atoms with E-state index in [2.05, 4.69) is 5.32 Å². The van der Waals surface area contributed by atoms with Crippen LogP contribution >= 0.6 is 11.8 Å². The summed E-state index contributed by atoms with van der Waals surface area (Å²) in [6, 6.07) is 0.235. The van der Waals surface area contributed by atoms with Gasteiger partial charge in [-0.15, -0.1) is 0 Å². The van der Waals surface area contributed by atoms with E-state index in [0.717, 1.165) is 11.5 Å². The van der Waals surface area contributed by atoms with Gasteiger partial charge in [-0.05, 0) is 27.7 Å². The quantitative estimate of drug-likeness (QED) is 0.662. The Morgan fingerprint density at radius 1 is 1.50 bits per heavy atom. The lowest BCUT2D eigenvalue weighted by Gasteiger charge is -2.17. The highest BCUT2D eigenvalue weighted by atomic mass is 32.2. The monoisotopic (exact) mass is 218 g/mol. The van der Waals surface area contributed by atoms with E-state index in [0.29, 0.717) is 6.42 Å². The molecule has 0 atom stereocenters. The number of carbonyl (C=O) groups is 1. The second-order valence-electron chi connectivity index (χ2n) is 4.51. The Hall–Kier alpha value is -0.220. The SMILES string of the molecule is CC(C)NC(=O)CCSCC(C)(C)N. The third-order valence-electron chi connectivity index (χ3n) is 1.40. The van der Waals surface area contributed by atoms with E-state index >= 15 is 0 Å². The summed E-state index contributed by atoms with van der Waals surface area (Å²) in [6.45, 7) is 7.92. The number of hydrogen-bond donors (Lipinski definition) is 2. The highest BCUT2D eigenvalue weighted by molar-refractivity contribution is 7.99. The van der Waals surface area contributed by atoms with E-state index in [-0.39, 0.29) is 17.5 Å². The van der Waals surface area contributed by atoms with Crippen LogP contribution in [0.4, 0.5) is 0 Å². The van der Waals surface area contributed by atoms with Crippen molar-refractivity contribution in [2.45, 2.75) is 45.7 Å². The first-order chi connectivity index (χ1) is 6.31. The fourth-order valence-electron chi connectivity index (χ4n) is 0.894. The Morgan fingerprint density at radius 2 is 2.07 bits per heavy atom. The molecular weight excluding hydrogens is 196 g/mol. The third-order valence-corrected chi connectivity index (χ3v) is 2.84. The highest BCUT2D eigenvalue weighted by Crippen LogP contribution is 2.10. The number of nitrogens with one attached hydrogen (secondary N) is 1. The molecule has 1 amide bonds. The number of hydrogen-bond acceptors (Lipinski definition) is 3. The van der Waals surface area contributed by atoms with E-state index in [1.54, 1.807) is 11.8 Å². The van der Waals surface area contributed by atoms with Crippen LogP contribution in [0, 0.1) is 0 Å². The Kier molecular flexibility index (Phi) is 6.20. The molecule has 0 aromatic carbocycles. The first kappa shape index (κ1) is 13.8. The van der Waals surface area contributed by atoms with Crippen molar-refractivity contribution >= 4 is 17.7 Å². The number of nitrogens with two attached hydrogens (primary N) is 1. The average molecular weight is 218 g/mol. The van der Waals surface area contributed by atoms with Crippen LogP contribution in [0.25, 0.3) is 0 Å². The van der Waals surface area contributed by atoms with Crippen molar-refractivity contribution in [3.63, 3.8) is 0 Å². The van der Waals surface area contributed by atoms with Crippen molar-refractivity contribution in [1.29, 1.82) is 0 Å². The maximum atomic E-state index is 11.2. The lowest BCUT2D eigenvalue weighted by atomic mass is 10.1. The molecule has 0 heterocycles. The molecule has 0 aromatic heterocycles. The Balaban J connectivity index is 3.41. The van der Waals surface area contributed by atoms with Crippen LogP contribution in [0.15, 0.2) is 0 Å². The van der Waals surface area contributed by atoms with Gasteiger partial charge in [0.05, 0.1) is 0 Å². The molecule has 84 valence electrons. The minimum Gasteiger partial charge on any atom is -0.354 e. The third kappa shape index (κ3) is 9.86. The van der Waals surface area contributed by atoms with Gasteiger partial charge in [-0.25, -0.2) is 0 Å². The molecule has 0 spiro atoms. The first-order valence-corrected chi connectivity index (χ1v) is 6.13. The molecule has 4 heteroatoms. The average Bonchev–Trinajstić information content (AvgIpc) is 1.95. The Labute approximate surface area is 91.2 Å². The summed E-state index contributed by atoms with van der Waals surface area (Å²) >= 11 is 1.73. The smallest absolute Gasteiger partial charge is 0.221 e. The van der Waals surface area contributed by atoms with Gasteiger partial charge in [-0.3, -0.25) is 4.79 Å². The standard InChI is InChI=1S/C10H22N2OS/c1-8(2)12-9(13)5-6-14-7-10(3,4)11/h8H,5-7,11H2,1-4H3,(H,12,13). The summed E-state index contributed by atoms with van der Waals surface area (Å²) in [6.07, 6.45) is 0.582. The van der Waals surface area contributed by atoms with Gasteiger partial charge in [0.2, 0.25) is 5.91 Å². The normalized spacial score (nSPS) is 11.9. The number of rotatable bonds is 6. The Morgan fingerprint density at radius 3 is 2.50 bits per heavy atom. The van der Waals surface area contributed by atoms with Crippen molar-refractivity contribution < 1.29 is 4.79 Å². The van der Waals surface area contributed by atoms with Crippen LogP contribution in [-0.2, 0) is 4.79 Å². The van der Waals surface area contributed by atoms with E-state index in [1.165, 1.54) is 0 Å². The zero-order valence-electron chi connectivity index (χ0n) is 9.59. The number of carbonyl (C=O) groups excluding carboxylic acids is 1. The van der Waals surface area contributed by atoms with E-state index < -0.39 is 0 Å². The predicted molar refractivity (Wildman–Crippen MR) is 63.5 cm³/mol. The van der Waals surface area contributed by atoms with E-state index in [1.807, 2.05) is 27.7 Å². The molecule has 0 rings (SSSR count). The lowest BCUT2D eigenvalue weighted by Crippen LogP contribution is -2.35. The summed E-state index contributed by atoms with van der Waals surface area (Å²) in [7, 11) is 0. The summed E-state index contributed by atoms with van der Waals surface area (Å²) < 4.78 is 0. The molecule has 0 saturated heterocycles. The molecule has 3 N–H and O–H groups in total. The van der Waals surface area contributed by atoms with Gasteiger partial charge >= 0.3 is 0 Å². The molecule has 0 aliphatic rings. The zero-order chi connectivity index (χ0) is 11.2. The fourth-order valence-corrected chi connectivity index (χ4v) is 1.89. The fraction of sp³-hybridized carbons (Fsp3) is 0.900. The summed E-state index contributed by atoms with van der Waals surface area (Å²) in [5, 5.41) is 2.86. The highest BCUT2D eigenvalue weighted by Gasteiger charge is 2.10. The minimum absolute atomic E-state index is 0.127. The molecule has 0 aliphatic heterocycles. The predicted octanol–water partition coefficient (Wildman–Crippen LogP) is 1.37. The molecule has 0 unspecified atom stereocenters. The molecule has 14 heavy (non-hydrogen) atoms. The maximum Gasteiger partial charge on any atom is 0.221 e. The summed E-state index contributed by atoms with van der Waals surface area (Å²) in [5.41, 5.74) is 5.67. The Bertz CT molecular complexity index is 175. The number of amides is 1. The summed E-state index contributed by atoms with van der Waals surface area (Å²) in [4.78, 5) is 11.2. The molecular formula is C10H22N2OS. The van der Waals surface area contributed by atoms with Gasteiger partial charge in [0.15, 0.2) is 0 Å². The van der Waals surface area contributed by atoms with Crippen molar-refractivity contribution in [1.82, 2.24) is 5.32 Å². The van der Waals surface area contributed by atoms with Crippen LogP contribution < -0.4 is 11.1 Å². The van der Waals surface area contributed by atoms with Crippen LogP contribution in [0.5, 0.6) is 0 Å². The van der Waals surface area contributed by atoms with Gasteiger partial charge in [0.25, 0.3) is 0 Å². The van der Waals surface area contributed by atoms with Crippen molar-refractivity contribution in [2.75, 3.05) is 11.5 Å². The molecule has 0 saturated carbocycles. The topological polar surface area (TPSA) is 55.1 Å². The summed E-state index contributed by atoms with van der Waals surface area (Å²) in [5.74, 6) is 1.86. The van der Waals surface area contributed by atoms with Crippen molar-refractivity contribution in [2.24, 2.45) is 5.73 Å². The van der Waals surface area contributed by atoms with Crippen molar-refractivity contribution in [3.05, 3.63) is 0 Å². The lowest BCUT2D eigenvalue weighted by molar-refractivity contribution is -0.121. The second kappa shape index (κ2) is 6.30. The largest absolute Gasteiger partial charge is 0.354 e. The van der Waals surface area contributed by atoms with Gasteiger partial charge in [0.1, 0.15) is 0 Å². The molecule has 3 nitrogen and oxygen atoms in total. The molecule has 0 radical (unpaired) electrons. The van der Waals surface area contributed by atoms with Crippen LogP contribution in [0.3, 0.4) is 0 Å². The molecule has 0 fully saturated rings. The van der Waals surface area contributed by atoms with E-state index in [9.17, 15) is 4.79 Å². The van der Waals surface area contributed by atoms with Gasteiger partial charge in [-0.1, -0.05) is 0 Å². The first-order valence-electron chi connectivity index (χ1n) is 4.97. The van der Waals surface area contributed by atoms with Gasteiger partial charge < -0.3 is 11.1 Å². The van der Waals surface area contributed by atoms with Gasteiger partial charge in [-0.2, -0.15) is 11.8 Å².